The molecule has 3 nitrogen and oxygen atoms in total. The van der Waals surface area contributed by atoms with E-state index in [1.807, 2.05) is 0 Å². The van der Waals surface area contributed by atoms with Crippen molar-refractivity contribution >= 4 is 5.91 Å². The molecule has 1 heterocycles. The summed E-state index contributed by atoms with van der Waals surface area (Å²) in [4.78, 5) is 11.1. The molecule has 0 saturated carbocycles. The molecule has 68 valence electrons. The van der Waals surface area contributed by atoms with Gasteiger partial charge < -0.3 is 11.1 Å². The summed E-state index contributed by atoms with van der Waals surface area (Å²) in [5, 5.41) is 2.58. The molecule has 1 amide bonds. The molecule has 0 fully saturated rings. The molecule has 0 saturated heterocycles. The predicted octanol–water partition coefficient (Wildman–Crippen LogP) is 0.455. The average Bonchev–Trinajstić information content (AvgIpc) is 2.12. The Bertz CT molecular complexity index is 365. The Morgan fingerprint density at radius 1 is 1.54 bits per heavy atom. The van der Waals surface area contributed by atoms with Gasteiger partial charge in [0.1, 0.15) is 11.9 Å². The third-order valence-electron chi connectivity index (χ3n) is 2.18. The Morgan fingerprint density at radius 3 is 3.08 bits per heavy atom. The van der Waals surface area contributed by atoms with Gasteiger partial charge in [-0.25, -0.2) is 4.39 Å². The van der Waals surface area contributed by atoms with E-state index in [1.165, 1.54) is 12.1 Å². The molecule has 1 aromatic carbocycles. The van der Waals surface area contributed by atoms with E-state index in [1.54, 1.807) is 6.07 Å². The van der Waals surface area contributed by atoms with Crippen molar-refractivity contribution < 1.29 is 9.18 Å². The van der Waals surface area contributed by atoms with E-state index < -0.39 is 6.04 Å². The van der Waals surface area contributed by atoms with Gasteiger partial charge in [-0.3, -0.25) is 4.79 Å². The van der Waals surface area contributed by atoms with Crippen LogP contribution in [0.25, 0.3) is 0 Å². The van der Waals surface area contributed by atoms with Gasteiger partial charge in [-0.15, -0.1) is 0 Å². The highest BCUT2D eigenvalue weighted by atomic mass is 19.1. The van der Waals surface area contributed by atoms with E-state index in [0.717, 1.165) is 5.56 Å². The predicted molar refractivity (Wildman–Crippen MR) is 45.2 cm³/mol. The summed E-state index contributed by atoms with van der Waals surface area (Å²) in [7, 11) is 0. The second-order valence-electron chi connectivity index (χ2n) is 3.04. The lowest BCUT2D eigenvalue weighted by Gasteiger charge is -2.22. The van der Waals surface area contributed by atoms with Crippen LogP contribution in [0, 0.1) is 5.82 Å². The summed E-state index contributed by atoms with van der Waals surface area (Å²) in [5.74, 6) is -0.513. The van der Waals surface area contributed by atoms with Crippen LogP contribution in [-0.2, 0) is 11.3 Å². The zero-order valence-electron chi connectivity index (χ0n) is 6.88. The Hall–Kier alpha value is -1.42. The third kappa shape index (κ3) is 1.29. The average molecular weight is 180 g/mol. The van der Waals surface area contributed by atoms with E-state index in [2.05, 4.69) is 5.32 Å². The van der Waals surface area contributed by atoms with Gasteiger partial charge in [0.05, 0.1) is 0 Å². The number of fused-ring (bicyclic) bond motifs is 1. The van der Waals surface area contributed by atoms with Crippen molar-refractivity contribution in [2.75, 3.05) is 0 Å². The Morgan fingerprint density at radius 2 is 2.31 bits per heavy atom. The topological polar surface area (TPSA) is 55.1 Å². The van der Waals surface area contributed by atoms with Crippen LogP contribution in [0.5, 0.6) is 0 Å². The number of nitrogens with two attached hydrogens (primary N) is 1. The van der Waals surface area contributed by atoms with Gasteiger partial charge in [0.25, 0.3) is 0 Å². The molecule has 3 N–H and O–H groups in total. The zero-order chi connectivity index (χ0) is 9.42. The van der Waals surface area contributed by atoms with E-state index in [-0.39, 0.29) is 11.7 Å². The number of carbonyl (C=O) groups excluding carboxylic acids is 1. The number of rotatable bonds is 0. The first-order valence-electron chi connectivity index (χ1n) is 4.00. The maximum absolute atomic E-state index is 12.8. The quantitative estimate of drug-likeness (QED) is 0.609. The molecule has 1 aromatic rings. The molecule has 1 aliphatic rings. The third-order valence-corrected chi connectivity index (χ3v) is 2.18. The highest BCUT2D eigenvalue weighted by molar-refractivity contribution is 5.84. The molecular formula is C9H9FN2O. The van der Waals surface area contributed by atoms with Crippen LogP contribution in [0.15, 0.2) is 18.2 Å². The summed E-state index contributed by atoms with van der Waals surface area (Å²) in [6.45, 7) is 0.361. The van der Waals surface area contributed by atoms with Gasteiger partial charge in [0.2, 0.25) is 5.91 Å². The number of carbonyl (C=O) groups is 1. The van der Waals surface area contributed by atoms with E-state index >= 15 is 0 Å². The van der Waals surface area contributed by atoms with Gasteiger partial charge in [-0.2, -0.15) is 0 Å². The van der Waals surface area contributed by atoms with Gasteiger partial charge in [-0.05, 0) is 23.3 Å². The maximum atomic E-state index is 12.8. The number of nitrogens with one attached hydrogen (secondary N) is 1. The summed E-state index contributed by atoms with van der Waals surface area (Å²) < 4.78 is 12.8. The Kier molecular flexibility index (Phi) is 1.77. The SMILES string of the molecule is NC1C(=O)NCc2cc(F)ccc21. The molecular weight excluding hydrogens is 171 g/mol. The Labute approximate surface area is 74.7 Å². The van der Waals surface area contributed by atoms with E-state index in [9.17, 15) is 9.18 Å². The Balaban J connectivity index is 2.49. The molecule has 0 aromatic heterocycles. The zero-order valence-corrected chi connectivity index (χ0v) is 6.88. The van der Waals surface area contributed by atoms with Crippen LogP contribution in [0.3, 0.4) is 0 Å². The number of halogens is 1. The van der Waals surface area contributed by atoms with Gasteiger partial charge in [0.15, 0.2) is 0 Å². The fraction of sp³-hybridized carbons (Fsp3) is 0.222. The summed E-state index contributed by atoms with van der Waals surface area (Å²) >= 11 is 0. The van der Waals surface area contributed by atoms with Crippen molar-refractivity contribution in [2.45, 2.75) is 12.6 Å². The fourth-order valence-corrected chi connectivity index (χ4v) is 1.46. The molecule has 2 rings (SSSR count). The number of benzene rings is 1. The number of hydrogen-bond donors (Lipinski definition) is 2. The van der Waals surface area contributed by atoms with Crippen molar-refractivity contribution in [3.8, 4) is 0 Å². The van der Waals surface area contributed by atoms with E-state index in [4.69, 9.17) is 5.73 Å². The normalized spacial score (nSPS) is 20.8. The second-order valence-corrected chi connectivity index (χ2v) is 3.04. The van der Waals surface area contributed by atoms with Crippen LogP contribution in [0.4, 0.5) is 4.39 Å². The minimum absolute atomic E-state index is 0.209. The minimum atomic E-state index is -0.663. The first kappa shape index (κ1) is 8.19. The largest absolute Gasteiger partial charge is 0.350 e. The molecule has 0 aliphatic carbocycles. The fourth-order valence-electron chi connectivity index (χ4n) is 1.46. The van der Waals surface area contributed by atoms with Gasteiger partial charge in [0, 0.05) is 6.54 Å². The van der Waals surface area contributed by atoms with Crippen molar-refractivity contribution in [3.63, 3.8) is 0 Å². The van der Waals surface area contributed by atoms with Crippen LogP contribution in [0.2, 0.25) is 0 Å². The first-order valence-corrected chi connectivity index (χ1v) is 4.00. The number of hydrogen-bond acceptors (Lipinski definition) is 2. The lowest BCUT2D eigenvalue weighted by Crippen LogP contribution is -2.38. The molecule has 0 radical (unpaired) electrons. The van der Waals surface area contributed by atoms with Crippen LogP contribution >= 0.6 is 0 Å². The number of amides is 1. The molecule has 4 heteroatoms. The van der Waals surface area contributed by atoms with Crippen LogP contribution in [0.1, 0.15) is 17.2 Å². The van der Waals surface area contributed by atoms with Crippen molar-refractivity contribution in [2.24, 2.45) is 5.73 Å². The summed E-state index contributed by atoms with van der Waals surface area (Å²) in [6.07, 6.45) is 0. The van der Waals surface area contributed by atoms with Crippen LogP contribution < -0.4 is 11.1 Å². The molecule has 1 aliphatic heterocycles. The molecule has 1 atom stereocenters. The lowest BCUT2D eigenvalue weighted by molar-refractivity contribution is -0.123. The van der Waals surface area contributed by atoms with Crippen molar-refractivity contribution in [1.82, 2.24) is 5.32 Å². The van der Waals surface area contributed by atoms with Gasteiger partial charge >= 0.3 is 0 Å². The monoisotopic (exact) mass is 180 g/mol. The minimum Gasteiger partial charge on any atom is -0.350 e. The summed E-state index contributed by atoms with van der Waals surface area (Å²) in [6, 6.07) is 3.62. The molecule has 0 spiro atoms. The molecule has 1 unspecified atom stereocenters. The second kappa shape index (κ2) is 2.81. The lowest BCUT2D eigenvalue weighted by atomic mass is 9.97. The standard InChI is InChI=1S/C9H9FN2O/c10-6-1-2-7-5(3-6)4-12-9(13)8(7)11/h1-3,8H,4,11H2,(H,12,13). The van der Waals surface area contributed by atoms with Crippen molar-refractivity contribution in [1.29, 1.82) is 0 Å². The first-order chi connectivity index (χ1) is 6.18. The maximum Gasteiger partial charge on any atom is 0.241 e. The summed E-state index contributed by atoms with van der Waals surface area (Å²) in [5.41, 5.74) is 7.08. The van der Waals surface area contributed by atoms with Crippen molar-refractivity contribution in [3.05, 3.63) is 35.1 Å². The van der Waals surface area contributed by atoms with E-state index in [0.29, 0.717) is 12.1 Å². The van der Waals surface area contributed by atoms with Gasteiger partial charge in [-0.1, -0.05) is 6.07 Å². The van der Waals surface area contributed by atoms with Crippen LogP contribution in [-0.4, -0.2) is 5.91 Å². The highest BCUT2D eigenvalue weighted by Gasteiger charge is 2.23. The highest BCUT2D eigenvalue weighted by Crippen LogP contribution is 2.21. The molecule has 0 bridgehead atoms. The smallest absolute Gasteiger partial charge is 0.241 e. The molecule has 13 heavy (non-hydrogen) atoms.